The summed E-state index contributed by atoms with van der Waals surface area (Å²) < 4.78 is 0. The molecule has 5 nitrogen and oxygen atoms in total. The van der Waals surface area contributed by atoms with Gasteiger partial charge in [0.05, 0.1) is 0 Å². The Morgan fingerprint density at radius 1 is 1.50 bits per heavy atom. The molecule has 1 N–H and O–H groups in total. The second-order valence-electron chi connectivity index (χ2n) is 4.31. The molecule has 1 saturated carbocycles. The predicted octanol–water partition coefficient (Wildman–Crippen LogP) is 1.38. The van der Waals surface area contributed by atoms with Crippen molar-refractivity contribution in [2.75, 3.05) is 7.05 Å². The molecule has 2 rings (SSSR count). The maximum atomic E-state index is 12.0. The van der Waals surface area contributed by atoms with Gasteiger partial charge in [-0.25, -0.2) is 4.98 Å². The Balaban J connectivity index is 2.05. The zero-order valence-corrected chi connectivity index (χ0v) is 9.86. The number of aromatic nitrogens is 3. The van der Waals surface area contributed by atoms with Gasteiger partial charge >= 0.3 is 0 Å². The molecule has 1 heterocycles. The molecular formula is C11H18N4O. The second-order valence-corrected chi connectivity index (χ2v) is 4.31. The van der Waals surface area contributed by atoms with E-state index in [0.29, 0.717) is 11.9 Å². The largest absolute Gasteiger partial charge is 0.336 e. The monoisotopic (exact) mass is 222 g/mol. The number of H-pyrrole nitrogens is 1. The van der Waals surface area contributed by atoms with Gasteiger partial charge in [0.25, 0.3) is 5.91 Å². The van der Waals surface area contributed by atoms with Gasteiger partial charge in [-0.15, -0.1) is 5.10 Å². The van der Waals surface area contributed by atoms with E-state index in [2.05, 4.69) is 15.2 Å². The Kier molecular flexibility index (Phi) is 3.22. The van der Waals surface area contributed by atoms with Crippen LogP contribution in [-0.2, 0) is 6.42 Å². The van der Waals surface area contributed by atoms with Gasteiger partial charge in [-0.3, -0.25) is 9.89 Å². The van der Waals surface area contributed by atoms with E-state index in [1.807, 2.05) is 14.0 Å². The summed E-state index contributed by atoms with van der Waals surface area (Å²) in [5, 5.41) is 6.73. The highest BCUT2D eigenvalue weighted by atomic mass is 16.2. The molecule has 0 bridgehead atoms. The van der Waals surface area contributed by atoms with Crippen LogP contribution in [0.1, 0.15) is 49.1 Å². The molecule has 0 aliphatic heterocycles. The summed E-state index contributed by atoms with van der Waals surface area (Å²) in [6.07, 6.45) is 5.42. The maximum absolute atomic E-state index is 12.0. The number of carbonyl (C=O) groups is 1. The fourth-order valence-electron chi connectivity index (χ4n) is 2.16. The van der Waals surface area contributed by atoms with E-state index in [0.717, 1.165) is 25.1 Å². The van der Waals surface area contributed by atoms with Crippen molar-refractivity contribution in [1.82, 2.24) is 20.1 Å². The lowest BCUT2D eigenvalue weighted by atomic mass is 10.2. The van der Waals surface area contributed by atoms with Crippen molar-refractivity contribution in [3.05, 3.63) is 11.6 Å². The van der Waals surface area contributed by atoms with Gasteiger partial charge in [0.2, 0.25) is 5.82 Å². The topological polar surface area (TPSA) is 61.9 Å². The van der Waals surface area contributed by atoms with Crippen molar-refractivity contribution in [2.24, 2.45) is 0 Å². The number of carbonyl (C=O) groups excluding carboxylic acids is 1. The quantitative estimate of drug-likeness (QED) is 0.840. The lowest BCUT2D eigenvalue weighted by molar-refractivity contribution is 0.0723. The highest BCUT2D eigenvalue weighted by Crippen LogP contribution is 2.23. The Bertz CT molecular complexity index is 368. The van der Waals surface area contributed by atoms with Crippen molar-refractivity contribution in [2.45, 2.75) is 45.1 Å². The molecule has 1 aliphatic carbocycles. The van der Waals surface area contributed by atoms with Crippen molar-refractivity contribution in [3.63, 3.8) is 0 Å². The molecule has 1 fully saturated rings. The van der Waals surface area contributed by atoms with Crippen LogP contribution in [-0.4, -0.2) is 39.1 Å². The van der Waals surface area contributed by atoms with Gasteiger partial charge < -0.3 is 4.90 Å². The van der Waals surface area contributed by atoms with Crippen molar-refractivity contribution < 1.29 is 4.79 Å². The van der Waals surface area contributed by atoms with Crippen LogP contribution in [0.5, 0.6) is 0 Å². The molecule has 5 heteroatoms. The maximum Gasteiger partial charge on any atom is 0.293 e. The van der Waals surface area contributed by atoms with E-state index < -0.39 is 0 Å². The van der Waals surface area contributed by atoms with Gasteiger partial charge in [0.15, 0.2) is 0 Å². The second kappa shape index (κ2) is 4.63. The first-order valence-corrected chi connectivity index (χ1v) is 5.90. The van der Waals surface area contributed by atoms with Crippen LogP contribution < -0.4 is 0 Å². The van der Waals surface area contributed by atoms with Gasteiger partial charge in [-0.2, -0.15) is 0 Å². The molecule has 1 amide bonds. The summed E-state index contributed by atoms with van der Waals surface area (Å²) in [6, 6.07) is 0.371. The molecule has 0 aromatic carbocycles. The van der Waals surface area contributed by atoms with Crippen LogP contribution in [0, 0.1) is 0 Å². The Morgan fingerprint density at radius 2 is 2.19 bits per heavy atom. The summed E-state index contributed by atoms with van der Waals surface area (Å²) in [6.45, 7) is 1.98. The number of rotatable bonds is 3. The Morgan fingerprint density at radius 3 is 2.75 bits per heavy atom. The molecule has 0 atom stereocenters. The SMILES string of the molecule is CCc1nc(C(=O)N(C)C2CCCC2)n[nH]1. The minimum absolute atomic E-state index is 0.0668. The van der Waals surface area contributed by atoms with Crippen LogP contribution in [0.2, 0.25) is 0 Å². The molecule has 88 valence electrons. The van der Waals surface area contributed by atoms with Gasteiger partial charge in [0.1, 0.15) is 5.82 Å². The fraction of sp³-hybridized carbons (Fsp3) is 0.727. The lowest BCUT2D eigenvalue weighted by Gasteiger charge is -2.22. The summed E-state index contributed by atoms with van der Waals surface area (Å²) in [4.78, 5) is 18.0. The predicted molar refractivity (Wildman–Crippen MR) is 60.1 cm³/mol. The highest BCUT2D eigenvalue weighted by Gasteiger charge is 2.26. The first-order chi connectivity index (χ1) is 7.72. The Hall–Kier alpha value is -1.39. The molecule has 16 heavy (non-hydrogen) atoms. The van der Waals surface area contributed by atoms with Gasteiger partial charge in [-0.1, -0.05) is 19.8 Å². The van der Waals surface area contributed by atoms with E-state index in [1.165, 1.54) is 12.8 Å². The summed E-state index contributed by atoms with van der Waals surface area (Å²) >= 11 is 0. The standard InChI is InChI=1S/C11H18N4O/c1-3-9-12-10(14-13-9)11(16)15(2)8-6-4-5-7-8/h8H,3-7H2,1-2H3,(H,12,13,14). The molecule has 0 radical (unpaired) electrons. The van der Waals surface area contributed by atoms with Crippen LogP contribution in [0.4, 0.5) is 0 Å². The first-order valence-electron chi connectivity index (χ1n) is 5.90. The molecular weight excluding hydrogens is 204 g/mol. The molecule has 1 aromatic heterocycles. The number of hydrogen-bond acceptors (Lipinski definition) is 3. The van der Waals surface area contributed by atoms with E-state index in [4.69, 9.17) is 0 Å². The van der Waals surface area contributed by atoms with Gasteiger partial charge in [0, 0.05) is 19.5 Å². The summed E-state index contributed by atoms with van der Waals surface area (Å²) in [5.74, 6) is 0.997. The van der Waals surface area contributed by atoms with Crippen LogP contribution in [0.3, 0.4) is 0 Å². The summed E-state index contributed by atoms with van der Waals surface area (Å²) in [5.41, 5.74) is 0. The molecule has 1 aromatic rings. The number of aryl methyl sites for hydroxylation is 1. The van der Waals surface area contributed by atoms with E-state index in [9.17, 15) is 4.79 Å². The smallest absolute Gasteiger partial charge is 0.293 e. The van der Waals surface area contributed by atoms with Crippen molar-refractivity contribution >= 4 is 5.91 Å². The number of aromatic amines is 1. The summed E-state index contributed by atoms with van der Waals surface area (Å²) in [7, 11) is 1.85. The molecule has 0 unspecified atom stereocenters. The minimum Gasteiger partial charge on any atom is -0.336 e. The third-order valence-corrected chi connectivity index (χ3v) is 3.25. The zero-order valence-electron chi connectivity index (χ0n) is 9.86. The third kappa shape index (κ3) is 2.08. The zero-order chi connectivity index (χ0) is 11.5. The molecule has 0 spiro atoms. The van der Waals surface area contributed by atoms with Gasteiger partial charge in [-0.05, 0) is 12.8 Å². The molecule has 1 aliphatic rings. The van der Waals surface area contributed by atoms with E-state index >= 15 is 0 Å². The highest BCUT2D eigenvalue weighted by molar-refractivity contribution is 5.90. The average Bonchev–Trinajstić information content (AvgIpc) is 2.97. The van der Waals surface area contributed by atoms with Crippen molar-refractivity contribution in [3.8, 4) is 0 Å². The number of amides is 1. The van der Waals surface area contributed by atoms with Crippen molar-refractivity contribution in [1.29, 1.82) is 0 Å². The average molecular weight is 222 g/mol. The van der Waals surface area contributed by atoms with Crippen LogP contribution >= 0.6 is 0 Å². The minimum atomic E-state index is -0.0668. The first kappa shape index (κ1) is 11.1. The van der Waals surface area contributed by atoms with E-state index in [-0.39, 0.29) is 5.91 Å². The molecule has 0 saturated heterocycles. The Labute approximate surface area is 95.2 Å². The normalized spacial score (nSPS) is 16.6. The van der Waals surface area contributed by atoms with E-state index in [1.54, 1.807) is 4.90 Å². The number of nitrogens with zero attached hydrogens (tertiary/aromatic N) is 3. The number of nitrogens with one attached hydrogen (secondary N) is 1. The lowest BCUT2D eigenvalue weighted by Crippen LogP contribution is -2.35. The third-order valence-electron chi connectivity index (χ3n) is 3.25. The number of hydrogen-bond donors (Lipinski definition) is 1. The van der Waals surface area contributed by atoms with Crippen LogP contribution in [0.15, 0.2) is 0 Å². The van der Waals surface area contributed by atoms with Crippen LogP contribution in [0.25, 0.3) is 0 Å². The fourth-order valence-corrected chi connectivity index (χ4v) is 2.16.